The SMILES string of the molecule is CC(Oc1ccc(C(C)(C)C)cc1)C(=O)Nc1ccc(F)cc1F. The molecular formula is C19H21F2NO2. The van der Waals surface area contributed by atoms with Crippen LogP contribution in [0.1, 0.15) is 33.3 Å². The van der Waals surface area contributed by atoms with E-state index >= 15 is 0 Å². The van der Waals surface area contributed by atoms with Crippen molar-refractivity contribution in [1.82, 2.24) is 0 Å². The average Bonchev–Trinajstić information content (AvgIpc) is 2.49. The molecule has 0 saturated heterocycles. The maximum absolute atomic E-state index is 13.6. The van der Waals surface area contributed by atoms with Crippen LogP contribution in [0.2, 0.25) is 0 Å². The first-order valence-corrected chi connectivity index (χ1v) is 7.70. The molecule has 0 aromatic heterocycles. The second-order valence-corrected chi connectivity index (χ2v) is 6.65. The minimum absolute atomic E-state index is 0.0294. The van der Waals surface area contributed by atoms with E-state index in [1.807, 2.05) is 12.1 Å². The molecular weight excluding hydrogens is 312 g/mol. The van der Waals surface area contributed by atoms with E-state index in [-0.39, 0.29) is 11.1 Å². The van der Waals surface area contributed by atoms with Gasteiger partial charge in [0.2, 0.25) is 0 Å². The second kappa shape index (κ2) is 6.99. The van der Waals surface area contributed by atoms with Gasteiger partial charge in [0.05, 0.1) is 5.69 Å². The van der Waals surface area contributed by atoms with Gasteiger partial charge in [-0.1, -0.05) is 32.9 Å². The van der Waals surface area contributed by atoms with E-state index in [4.69, 9.17) is 4.74 Å². The van der Waals surface area contributed by atoms with Gasteiger partial charge in [0.15, 0.2) is 6.10 Å². The summed E-state index contributed by atoms with van der Waals surface area (Å²) >= 11 is 0. The van der Waals surface area contributed by atoms with Crippen molar-refractivity contribution in [3.63, 3.8) is 0 Å². The molecule has 1 atom stereocenters. The van der Waals surface area contributed by atoms with Crippen molar-refractivity contribution < 1.29 is 18.3 Å². The maximum Gasteiger partial charge on any atom is 0.265 e. The lowest BCUT2D eigenvalue weighted by molar-refractivity contribution is -0.122. The summed E-state index contributed by atoms with van der Waals surface area (Å²) in [5.74, 6) is -1.50. The fourth-order valence-corrected chi connectivity index (χ4v) is 2.12. The first-order valence-electron chi connectivity index (χ1n) is 7.70. The first-order chi connectivity index (χ1) is 11.2. The maximum atomic E-state index is 13.6. The van der Waals surface area contributed by atoms with Crippen LogP contribution in [0.4, 0.5) is 14.5 Å². The van der Waals surface area contributed by atoms with Gasteiger partial charge >= 0.3 is 0 Å². The van der Waals surface area contributed by atoms with Crippen LogP contribution in [0.15, 0.2) is 42.5 Å². The molecule has 1 N–H and O–H groups in total. The van der Waals surface area contributed by atoms with Crippen molar-refractivity contribution in [3.8, 4) is 5.75 Å². The van der Waals surface area contributed by atoms with Gasteiger partial charge in [0.1, 0.15) is 17.4 Å². The quantitative estimate of drug-likeness (QED) is 0.883. The van der Waals surface area contributed by atoms with E-state index in [1.165, 1.54) is 6.07 Å². The van der Waals surface area contributed by atoms with E-state index in [1.54, 1.807) is 19.1 Å². The van der Waals surface area contributed by atoms with Gasteiger partial charge in [-0.2, -0.15) is 0 Å². The van der Waals surface area contributed by atoms with Gasteiger partial charge in [0, 0.05) is 6.07 Å². The number of anilines is 1. The summed E-state index contributed by atoms with van der Waals surface area (Å²) in [5.41, 5.74) is 1.10. The summed E-state index contributed by atoms with van der Waals surface area (Å²) in [6.45, 7) is 7.89. The number of benzene rings is 2. The van der Waals surface area contributed by atoms with Crippen molar-refractivity contribution >= 4 is 11.6 Å². The van der Waals surface area contributed by atoms with Gasteiger partial charge in [-0.25, -0.2) is 8.78 Å². The second-order valence-electron chi connectivity index (χ2n) is 6.65. The standard InChI is InChI=1S/C19H21F2NO2/c1-12(18(23)22-17-10-7-14(20)11-16(17)21)24-15-8-5-13(6-9-15)19(2,3)4/h5-12H,1-4H3,(H,22,23). The molecule has 0 aliphatic rings. The fourth-order valence-electron chi connectivity index (χ4n) is 2.12. The molecule has 24 heavy (non-hydrogen) atoms. The highest BCUT2D eigenvalue weighted by atomic mass is 19.1. The molecule has 0 spiro atoms. The molecule has 128 valence electrons. The number of rotatable bonds is 4. The van der Waals surface area contributed by atoms with Gasteiger partial charge in [0.25, 0.3) is 5.91 Å². The highest BCUT2D eigenvalue weighted by molar-refractivity contribution is 5.94. The Morgan fingerprint density at radius 1 is 1.08 bits per heavy atom. The van der Waals surface area contributed by atoms with Crippen LogP contribution in [0, 0.1) is 11.6 Å². The van der Waals surface area contributed by atoms with Crippen LogP contribution in [-0.4, -0.2) is 12.0 Å². The molecule has 3 nitrogen and oxygen atoms in total. The normalized spacial score (nSPS) is 12.6. The Morgan fingerprint density at radius 3 is 2.25 bits per heavy atom. The number of hydrogen-bond acceptors (Lipinski definition) is 2. The highest BCUT2D eigenvalue weighted by Crippen LogP contribution is 2.25. The van der Waals surface area contributed by atoms with Crippen molar-refractivity contribution in [2.75, 3.05) is 5.32 Å². The third-order valence-electron chi connectivity index (χ3n) is 3.59. The Labute approximate surface area is 140 Å². The van der Waals surface area contributed by atoms with Gasteiger partial charge in [-0.15, -0.1) is 0 Å². The summed E-state index contributed by atoms with van der Waals surface area (Å²) in [6, 6.07) is 10.4. The lowest BCUT2D eigenvalue weighted by Gasteiger charge is -2.20. The predicted octanol–water partition coefficient (Wildman–Crippen LogP) is 4.67. The van der Waals surface area contributed by atoms with Crippen LogP contribution < -0.4 is 10.1 Å². The number of amides is 1. The summed E-state index contributed by atoms with van der Waals surface area (Å²) in [7, 11) is 0. The first kappa shape index (κ1) is 17.9. The molecule has 1 unspecified atom stereocenters. The Hall–Kier alpha value is -2.43. The molecule has 0 aliphatic carbocycles. The van der Waals surface area contributed by atoms with Crippen LogP contribution in [-0.2, 0) is 10.2 Å². The smallest absolute Gasteiger partial charge is 0.265 e. The van der Waals surface area contributed by atoms with E-state index in [0.29, 0.717) is 11.8 Å². The minimum atomic E-state index is -0.829. The Balaban J connectivity index is 2.01. The molecule has 2 aromatic rings. The van der Waals surface area contributed by atoms with Gasteiger partial charge in [-0.3, -0.25) is 4.79 Å². The van der Waals surface area contributed by atoms with Crippen molar-refractivity contribution in [1.29, 1.82) is 0 Å². The van der Waals surface area contributed by atoms with Crippen molar-refractivity contribution in [2.45, 2.75) is 39.2 Å². The molecule has 0 heterocycles. The predicted molar refractivity (Wildman–Crippen MR) is 90.2 cm³/mol. The van der Waals surface area contributed by atoms with Crippen LogP contribution in [0.3, 0.4) is 0 Å². The Kier molecular flexibility index (Phi) is 5.22. The minimum Gasteiger partial charge on any atom is -0.481 e. The average molecular weight is 333 g/mol. The lowest BCUT2D eigenvalue weighted by Crippen LogP contribution is -2.30. The molecule has 0 aliphatic heterocycles. The largest absolute Gasteiger partial charge is 0.481 e. The van der Waals surface area contributed by atoms with Crippen molar-refractivity contribution in [3.05, 3.63) is 59.7 Å². The number of hydrogen-bond donors (Lipinski definition) is 1. The monoisotopic (exact) mass is 333 g/mol. The van der Waals surface area contributed by atoms with Crippen LogP contribution >= 0.6 is 0 Å². The number of halogens is 2. The Morgan fingerprint density at radius 2 is 1.71 bits per heavy atom. The van der Waals surface area contributed by atoms with E-state index in [0.717, 1.165) is 11.6 Å². The zero-order chi connectivity index (χ0) is 17.9. The Bertz CT molecular complexity index is 721. The molecule has 5 heteroatoms. The third-order valence-corrected chi connectivity index (χ3v) is 3.59. The van der Waals surface area contributed by atoms with E-state index < -0.39 is 23.6 Å². The summed E-state index contributed by atoms with van der Waals surface area (Å²) < 4.78 is 32.0. The van der Waals surface area contributed by atoms with Crippen molar-refractivity contribution in [2.24, 2.45) is 0 Å². The zero-order valence-corrected chi connectivity index (χ0v) is 14.2. The summed E-state index contributed by atoms with van der Waals surface area (Å²) in [4.78, 5) is 12.1. The molecule has 0 fully saturated rings. The summed E-state index contributed by atoms with van der Waals surface area (Å²) in [5, 5.41) is 2.39. The zero-order valence-electron chi connectivity index (χ0n) is 14.2. The van der Waals surface area contributed by atoms with Crippen LogP contribution in [0.25, 0.3) is 0 Å². The van der Waals surface area contributed by atoms with E-state index in [9.17, 15) is 13.6 Å². The molecule has 0 radical (unpaired) electrons. The van der Waals surface area contributed by atoms with Gasteiger partial charge < -0.3 is 10.1 Å². The molecule has 0 saturated carbocycles. The summed E-state index contributed by atoms with van der Waals surface area (Å²) in [6.07, 6.45) is -0.824. The van der Waals surface area contributed by atoms with E-state index in [2.05, 4.69) is 26.1 Å². The number of nitrogens with one attached hydrogen (secondary N) is 1. The lowest BCUT2D eigenvalue weighted by atomic mass is 9.87. The molecule has 2 rings (SSSR count). The fraction of sp³-hybridized carbons (Fsp3) is 0.316. The molecule has 0 bridgehead atoms. The highest BCUT2D eigenvalue weighted by Gasteiger charge is 2.18. The number of carbonyl (C=O) groups is 1. The number of carbonyl (C=O) groups excluding carboxylic acids is 1. The third kappa shape index (κ3) is 4.54. The van der Waals surface area contributed by atoms with Crippen LogP contribution in [0.5, 0.6) is 5.75 Å². The van der Waals surface area contributed by atoms with Gasteiger partial charge in [-0.05, 0) is 42.2 Å². The molecule has 1 amide bonds. The molecule has 2 aromatic carbocycles. The topological polar surface area (TPSA) is 38.3 Å². The number of ether oxygens (including phenoxy) is 1.